The van der Waals surface area contributed by atoms with Crippen molar-refractivity contribution in [1.29, 1.82) is 0 Å². The third kappa shape index (κ3) is 2.22. The Labute approximate surface area is 167 Å². The third-order valence-corrected chi connectivity index (χ3v) is 8.25. The normalized spacial score (nSPS) is 43.6. The minimum atomic E-state index is -0.933. The molecule has 0 unspecified atom stereocenters. The van der Waals surface area contributed by atoms with E-state index in [0.29, 0.717) is 29.4 Å². The number of aliphatic hydroxyl groups excluding tert-OH is 3. The van der Waals surface area contributed by atoms with Crippen molar-refractivity contribution in [2.45, 2.75) is 56.4 Å². The van der Waals surface area contributed by atoms with Gasteiger partial charge in [-0.3, -0.25) is 0 Å². The molecule has 4 fully saturated rings. The second-order valence-electron chi connectivity index (χ2n) is 9.37. The van der Waals surface area contributed by atoms with Gasteiger partial charge in [0.2, 0.25) is 0 Å². The van der Waals surface area contributed by atoms with Crippen LogP contribution < -0.4 is 5.32 Å². The zero-order valence-electron chi connectivity index (χ0n) is 15.5. The number of fused-ring (bicyclic) bond motifs is 4. The highest BCUT2D eigenvalue weighted by Gasteiger charge is 2.71. The van der Waals surface area contributed by atoms with Gasteiger partial charge in [0.15, 0.2) is 5.82 Å². The molecule has 0 saturated heterocycles. The summed E-state index contributed by atoms with van der Waals surface area (Å²) in [6, 6.07) is 1.87. The van der Waals surface area contributed by atoms with Crippen LogP contribution in [-0.4, -0.2) is 54.7 Å². The highest BCUT2D eigenvalue weighted by Crippen LogP contribution is 2.67. The molecule has 150 valence electrons. The van der Waals surface area contributed by atoms with Crippen molar-refractivity contribution in [3.05, 3.63) is 17.5 Å². The van der Waals surface area contributed by atoms with Gasteiger partial charge in [-0.15, -0.1) is 0 Å². The number of aliphatic hydroxyl groups is 3. The van der Waals surface area contributed by atoms with E-state index in [4.69, 9.17) is 11.6 Å². The zero-order chi connectivity index (χ0) is 19.2. The number of hydrogen-bond acceptors (Lipinski definition) is 6. The van der Waals surface area contributed by atoms with Gasteiger partial charge in [0.05, 0.1) is 30.6 Å². The molecule has 4 aliphatic carbocycles. The van der Waals surface area contributed by atoms with Crippen LogP contribution in [0.15, 0.2) is 12.4 Å². The molecule has 28 heavy (non-hydrogen) atoms. The van der Waals surface area contributed by atoms with Crippen molar-refractivity contribution >= 4 is 28.5 Å². The maximum Gasteiger partial charge on any atom is 0.156 e. The maximum atomic E-state index is 10.7. The number of imidazole rings is 1. The summed E-state index contributed by atoms with van der Waals surface area (Å²) in [5, 5.41) is 34.8. The van der Waals surface area contributed by atoms with Gasteiger partial charge in [0.25, 0.3) is 0 Å². The molecule has 7 nitrogen and oxygen atoms in total. The van der Waals surface area contributed by atoms with Crippen molar-refractivity contribution in [3.63, 3.8) is 0 Å². The van der Waals surface area contributed by atoms with Crippen LogP contribution in [0.2, 0.25) is 5.15 Å². The van der Waals surface area contributed by atoms with Crippen molar-refractivity contribution in [3.8, 4) is 0 Å². The second kappa shape index (κ2) is 5.81. The number of nitrogens with zero attached hydrogens (tertiary/aromatic N) is 3. The molecule has 6 rings (SSSR count). The molecule has 8 heteroatoms. The molecule has 0 radical (unpaired) electrons. The Hall–Kier alpha value is -1.41. The predicted octanol–water partition coefficient (Wildman–Crippen LogP) is 1.96. The molecule has 0 amide bonds. The minimum Gasteiger partial charge on any atom is -0.396 e. The van der Waals surface area contributed by atoms with E-state index >= 15 is 0 Å². The van der Waals surface area contributed by atoms with Crippen LogP contribution in [0.1, 0.15) is 38.1 Å². The molecule has 4 N–H and O–H groups in total. The average Bonchev–Trinajstić information content (AvgIpc) is 3.04. The standard InChI is InChI=1S/C20H25ClN4O3/c21-14-5-13-15(19(24-14)23-12-4-9-1-2-10(12)3-9)22-8-25(13)16-11-6-20(11,7-26)18(28)17(16)27/h5,8-12,16-18,26-28H,1-4,6-7H2,(H,23,24)/t9-,10+,11+,12-,16+,17-,18-,20-/m0/s1. The van der Waals surface area contributed by atoms with Gasteiger partial charge in [-0.05, 0) is 43.4 Å². The summed E-state index contributed by atoms with van der Waals surface area (Å²) in [7, 11) is 0. The van der Waals surface area contributed by atoms with Gasteiger partial charge in [0, 0.05) is 17.5 Å². The van der Waals surface area contributed by atoms with E-state index in [9.17, 15) is 15.3 Å². The van der Waals surface area contributed by atoms with Crippen LogP contribution in [0.4, 0.5) is 5.82 Å². The van der Waals surface area contributed by atoms with Crippen molar-refractivity contribution < 1.29 is 15.3 Å². The molecular formula is C20H25ClN4O3. The summed E-state index contributed by atoms with van der Waals surface area (Å²) < 4.78 is 1.91. The summed E-state index contributed by atoms with van der Waals surface area (Å²) in [4.78, 5) is 9.10. The number of pyridine rings is 1. The first-order valence-electron chi connectivity index (χ1n) is 10.3. The number of aromatic nitrogens is 3. The van der Waals surface area contributed by atoms with Crippen LogP contribution in [-0.2, 0) is 0 Å². The Bertz CT molecular complexity index is 951. The van der Waals surface area contributed by atoms with Crippen LogP contribution >= 0.6 is 11.6 Å². The largest absolute Gasteiger partial charge is 0.396 e. The van der Waals surface area contributed by atoms with Gasteiger partial charge in [-0.1, -0.05) is 18.0 Å². The van der Waals surface area contributed by atoms with E-state index in [1.54, 1.807) is 12.4 Å². The second-order valence-corrected chi connectivity index (χ2v) is 9.75. The molecule has 0 spiro atoms. The van der Waals surface area contributed by atoms with Crippen LogP contribution in [0, 0.1) is 23.2 Å². The first-order valence-corrected chi connectivity index (χ1v) is 10.7. The van der Waals surface area contributed by atoms with Crippen molar-refractivity contribution in [2.24, 2.45) is 23.2 Å². The highest BCUT2D eigenvalue weighted by molar-refractivity contribution is 6.30. The van der Waals surface area contributed by atoms with Gasteiger partial charge in [-0.25, -0.2) is 9.97 Å². The number of nitrogens with one attached hydrogen (secondary N) is 1. The molecule has 2 aromatic rings. The molecule has 2 aromatic heterocycles. The number of hydrogen-bond donors (Lipinski definition) is 4. The van der Waals surface area contributed by atoms with Crippen LogP contribution in [0.25, 0.3) is 11.0 Å². The fourth-order valence-corrected chi connectivity index (χ4v) is 6.67. The summed E-state index contributed by atoms with van der Waals surface area (Å²) in [5.74, 6) is 2.27. The summed E-state index contributed by atoms with van der Waals surface area (Å²) in [6.07, 6.45) is 5.65. The van der Waals surface area contributed by atoms with Crippen LogP contribution in [0.5, 0.6) is 0 Å². The van der Waals surface area contributed by atoms with E-state index < -0.39 is 17.6 Å². The Balaban J connectivity index is 1.37. The molecule has 4 saturated carbocycles. The Kier molecular flexibility index (Phi) is 3.62. The average molecular weight is 405 g/mol. The fourth-order valence-electron chi connectivity index (χ4n) is 6.49. The van der Waals surface area contributed by atoms with Gasteiger partial charge in [0.1, 0.15) is 16.8 Å². The van der Waals surface area contributed by atoms with E-state index in [-0.39, 0.29) is 18.6 Å². The number of anilines is 1. The summed E-state index contributed by atoms with van der Waals surface area (Å²) in [6.45, 7) is -0.113. The van der Waals surface area contributed by atoms with Crippen molar-refractivity contribution in [2.75, 3.05) is 11.9 Å². The van der Waals surface area contributed by atoms with Crippen molar-refractivity contribution in [1.82, 2.24) is 14.5 Å². The van der Waals surface area contributed by atoms with E-state index in [2.05, 4.69) is 15.3 Å². The lowest BCUT2D eigenvalue weighted by Crippen LogP contribution is -2.35. The smallest absolute Gasteiger partial charge is 0.156 e. The molecule has 8 atom stereocenters. The lowest BCUT2D eigenvalue weighted by molar-refractivity contribution is -0.0300. The van der Waals surface area contributed by atoms with E-state index in [1.165, 1.54) is 25.7 Å². The minimum absolute atomic E-state index is 0.0359. The Morgan fingerprint density at radius 3 is 2.82 bits per heavy atom. The Morgan fingerprint density at radius 2 is 2.14 bits per heavy atom. The van der Waals surface area contributed by atoms with Crippen LogP contribution in [0.3, 0.4) is 0 Å². The Morgan fingerprint density at radius 1 is 1.29 bits per heavy atom. The topological polar surface area (TPSA) is 103 Å². The number of rotatable bonds is 4. The van der Waals surface area contributed by atoms with Gasteiger partial charge in [-0.2, -0.15) is 0 Å². The molecule has 2 bridgehead atoms. The first kappa shape index (κ1) is 17.4. The quantitative estimate of drug-likeness (QED) is 0.581. The highest BCUT2D eigenvalue weighted by atomic mass is 35.5. The lowest BCUT2D eigenvalue weighted by Gasteiger charge is -2.25. The van der Waals surface area contributed by atoms with Gasteiger partial charge >= 0.3 is 0 Å². The molecule has 0 aromatic carbocycles. The molecular weight excluding hydrogens is 380 g/mol. The monoisotopic (exact) mass is 404 g/mol. The van der Waals surface area contributed by atoms with E-state index in [1.807, 2.05) is 4.57 Å². The van der Waals surface area contributed by atoms with E-state index in [0.717, 1.165) is 17.0 Å². The summed E-state index contributed by atoms with van der Waals surface area (Å²) >= 11 is 6.35. The SMILES string of the molecule is OC[C@@]12C[C@@H]1[C@@H](n1cnc3c(N[C@H]4C[C@H]5CC[C@@H]4C5)nc(Cl)cc31)[C@H](O)[C@@H]2O. The summed E-state index contributed by atoms with van der Waals surface area (Å²) in [5.41, 5.74) is 0.973. The fraction of sp³-hybridized carbons (Fsp3) is 0.700. The lowest BCUT2D eigenvalue weighted by atomic mass is 9.95. The maximum absolute atomic E-state index is 10.7. The molecule has 0 aliphatic heterocycles. The zero-order valence-corrected chi connectivity index (χ0v) is 16.3. The third-order valence-electron chi connectivity index (χ3n) is 8.06. The molecule has 2 heterocycles. The molecule has 4 aliphatic rings. The number of halogens is 1. The first-order chi connectivity index (χ1) is 13.5. The van der Waals surface area contributed by atoms with Gasteiger partial charge < -0.3 is 25.2 Å². The predicted molar refractivity (Wildman–Crippen MR) is 104 cm³/mol.